The molecule has 0 N–H and O–H groups in total. The molecule has 1 aromatic rings. The lowest BCUT2D eigenvalue weighted by Gasteiger charge is -2.18. The highest BCUT2D eigenvalue weighted by Gasteiger charge is 2.17. The topological polar surface area (TPSA) is 9.23 Å². The summed E-state index contributed by atoms with van der Waals surface area (Å²) < 4.78 is 5.42. The summed E-state index contributed by atoms with van der Waals surface area (Å²) in [5, 5.41) is 0. The van der Waals surface area contributed by atoms with Crippen LogP contribution in [0, 0.1) is 12.3 Å². The second-order valence-corrected chi connectivity index (χ2v) is 3.73. The fraction of sp³-hybridized carbons (Fsp3) is 0.385. The average molecular weight is 188 g/mol. The molecule has 0 bridgehead atoms. The zero-order valence-electron chi connectivity index (χ0n) is 9.00. The highest BCUT2D eigenvalue weighted by Crippen LogP contribution is 2.25. The van der Waals surface area contributed by atoms with Crippen molar-refractivity contribution in [3.05, 3.63) is 29.8 Å². The summed E-state index contributed by atoms with van der Waals surface area (Å²) in [6.45, 7) is 6.70. The number of benzene rings is 1. The second kappa shape index (κ2) is 4.19. The molecule has 0 aliphatic carbocycles. The van der Waals surface area contributed by atoms with Gasteiger partial charge in [0.15, 0.2) is 0 Å². The molecule has 0 atom stereocenters. The number of terminal acetylenes is 1. The minimum absolute atomic E-state index is 0.229. The molecule has 0 fully saturated rings. The lowest BCUT2D eigenvalue weighted by Crippen LogP contribution is -2.13. The third-order valence-electron chi connectivity index (χ3n) is 2.23. The second-order valence-electron chi connectivity index (χ2n) is 3.73. The molecule has 1 heteroatoms. The van der Waals surface area contributed by atoms with Gasteiger partial charge in [-0.2, -0.15) is 0 Å². The van der Waals surface area contributed by atoms with Crippen molar-refractivity contribution >= 4 is 0 Å². The Labute approximate surface area is 86.1 Å². The summed E-state index contributed by atoms with van der Waals surface area (Å²) in [5.74, 6) is 3.65. The van der Waals surface area contributed by atoms with Crippen LogP contribution >= 0.6 is 0 Å². The zero-order chi connectivity index (χ0) is 10.6. The molecule has 74 valence electrons. The standard InChI is InChI=1S/C13H16O/c1-5-13(3,4)11-8-7-9-12(10-11)14-6-2/h1,7-10H,6H2,2-4H3. The zero-order valence-corrected chi connectivity index (χ0v) is 9.00. The summed E-state index contributed by atoms with van der Waals surface area (Å²) >= 11 is 0. The van der Waals surface area contributed by atoms with Crippen molar-refractivity contribution in [2.24, 2.45) is 0 Å². The Morgan fingerprint density at radius 3 is 2.71 bits per heavy atom. The van der Waals surface area contributed by atoms with E-state index in [4.69, 9.17) is 11.2 Å². The van der Waals surface area contributed by atoms with Crippen molar-refractivity contribution in [1.82, 2.24) is 0 Å². The molecule has 0 spiro atoms. The largest absolute Gasteiger partial charge is 0.494 e. The first kappa shape index (κ1) is 10.7. The number of hydrogen-bond acceptors (Lipinski definition) is 1. The van der Waals surface area contributed by atoms with E-state index < -0.39 is 0 Å². The van der Waals surface area contributed by atoms with Crippen LogP contribution in [-0.4, -0.2) is 6.61 Å². The normalized spacial score (nSPS) is 10.7. The van der Waals surface area contributed by atoms with Crippen LogP contribution in [0.5, 0.6) is 5.75 Å². The van der Waals surface area contributed by atoms with Gasteiger partial charge in [-0.1, -0.05) is 18.1 Å². The van der Waals surface area contributed by atoms with Crippen LogP contribution in [0.25, 0.3) is 0 Å². The van der Waals surface area contributed by atoms with E-state index in [9.17, 15) is 0 Å². The maximum Gasteiger partial charge on any atom is 0.119 e. The van der Waals surface area contributed by atoms with E-state index in [-0.39, 0.29) is 5.41 Å². The molecule has 0 aliphatic rings. The molecular weight excluding hydrogens is 172 g/mol. The van der Waals surface area contributed by atoms with Crippen molar-refractivity contribution in [2.45, 2.75) is 26.2 Å². The van der Waals surface area contributed by atoms with Gasteiger partial charge in [0.1, 0.15) is 5.75 Å². The van der Waals surface area contributed by atoms with Crippen molar-refractivity contribution < 1.29 is 4.74 Å². The van der Waals surface area contributed by atoms with Crippen molar-refractivity contribution in [1.29, 1.82) is 0 Å². The molecule has 0 aliphatic heterocycles. The van der Waals surface area contributed by atoms with Crippen LogP contribution in [-0.2, 0) is 5.41 Å². The summed E-state index contributed by atoms with van der Waals surface area (Å²) in [4.78, 5) is 0. The van der Waals surface area contributed by atoms with Crippen LogP contribution in [0.1, 0.15) is 26.3 Å². The fourth-order valence-electron chi connectivity index (χ4n) is 1.22. The molecule has 1 nitrogen and oxygen atoms in total. The molecule has 0 aromatic heterocycles. The Kier molecular flexibility index (Phi) is 3.19. The minimum atomic E-state index is -0.229. The van der Waals surface area contributed by atoms with E-state index in [0.29, 0.717) is 6.61 Å². The molecular formula is C13H16O. The van der Waals surface area contributed by atoms with Crippen LogP contribution < -0.4 is 4.74 Å². The molecule has 0 radical (unpaired) electrons. The van der Waals surface area contributed by atoms with Gasteiger partial charge in [-0.3, -0.25) is 0 Å². The van der Waals surface area contributed by atoms with Crippen LogP contribution in [0.2, 0.25) is 0 Å². The highest BCUT2D eigenvalue weighted by molar-refractivity contribution is 5.37. The van der Waals surface area contributed by atoms with Gasteiger partial charge in [-0.25, -0.2) is 0 Å². The Morgan fingerprint density at radius 2 is 2.14 bits per heavy atom. The van der Waals surface area contributed by atoms with Gasteiger partial charge in [0.2, 0.25) is 0 Å². The fourth-order valence-corrected chi connectivity index (χ4v) is 1.22. The van der Waals surface area contributed by atoms with Gasteiger partial charge in [-0.15, -0.1) is 6.42 Å². The van der Waals surface area contributed by atoms with Crippen molar-refractivity contribution in [2.75, 3.05) is 6.61 Å². The summed E-state index contributed by atoms with van der Waals surface area (Å²) in [5.41, 5.74) is 0.888. The molecule has 0 saturated heterocycles. The molecule has 1 rings (SSSR count). The highest BCUT2D eigenvalue weighted by atomic mass is 16.5. The smallest absolute Gasteiger partial charge is 0.119 e. The molecule has 0 amide bonds. The van der Waals surface area contributed by atoms with Gasteiger partial charge in [-0.05, 0) is 38.5 Å². The first-order valence-corrected chi connectivity index (χ1v) is 4.81. The first-order valence-electron chi connectivity index (χ1n) is 4.81. The Bertz CT molecular complexity index is 344. The van der Waals surface area contributed by atoms with Gasteiger partial charge >= 0.3 is 0 Å². The van der Waals surface area contributed by atoms with Crippen LogP contribution in [0.4, 0.5) is 0 Å². The van der Waals surface area contributed by atoms with Crippen LogP contribution in [0.15, 0.2) is 24.3 Å². The molecule has 0 heterocycles. The summed E-state index contributed by atoms with van der Waals surface area (Å²) in [7, 11) is 0. The van der Waals surface area contributed by atoms with Gasteiger partial charge in [0.25, 0.3) is 0 Å². The predicted octanol–water partition coefficient (Wildman–Crippen LogP) is 3.00. The molecule has 14 heavy (non-hydrogen) atoms. The third-order valence-corrected chi connectivity index (χ3v) is 2.23. The lowest BCUT2D eigenvalue weighted by atomic mass is 9.86. The van der Waals surface area contributed by atoms with E-state index in [0.717, 1.165) is 11.3 Å². The SMILES string of the molecule is C#CC(C)(C)c1cccc(OCC)c1. The Hall–Kier alpha value is -1.42. The van der Waals surface area contributed by atoms with Gasteiger partial charge in [0.05, 0.1) is 12.0 Å². The minimum Gasteiger partial charge on any atom is -0.494 e. The molecule has 0 saturated carbocycles. The Balaban J connectivity index is 3.01. The van der Waals surface area contributed by atoms with E-state index >= 15 is 0 Å². The van der Waals surface area contributed by atoms with E-state index in [1.165, 1.54) is 0 Å². The van der Waals surface area contributed by atoms with E-state index in [2.05, 4.69) is 5.92 Å². The quantitative estimate of drug-likeness (QED) is 0.662. The monoisotopic (exact) mass is 188 g/mol. The van der Waals surface area contributed by atoms with Crippen LogP contribution in [0.3, 0.4) is 0 Å². The van der Waals surface area contributed by atoms with E-state index in [1.807, 2.05) is 45.0 Å². The van der Waals surface area contributed by atoms with Crippen molar-refractivity contribution in [3.8, 4) is 18.1 Å². The summed E-state index contributed by atoms with van der Waals surface area (Å²) in [6, 6.07) is 7.95. The third kappa shape index (κ3) is 2.29. The lowest BCUT2D eigenvalue weighted by molar-refractivity contribution is 0.339. The maximum absolute atomic E-state index is 5.47. The Morgan fingerprint density at radius 1 is 1.43 bits per heavy atom. The number of ether oxygens (including phenoxy) is 1. The van der Waals surface area contributed by atoms with Gasteiger partial charge in [0, 0.05) is 0 Å². The predicted molar refractivity (Wildman–Crippen MR) is 59.5 cm³/mol. The number of hydrogen-bond donors (Lipinski definition) is 0. The first-order chi connectivity index (χ1) is 6.60. The average Bonchev–Trinajstić information content (AvgIpc) is 2.19. The van der Waals surface area contributed by atoms with E-state index in [1.54, 1.807) is 0 Å². The maximum atomic E-state index is 5.47. The van der Waals surface area contributed by atoms with Gasteiger partial charge < -0.3 is 4.74 Å². The molecule has 1 aromatic carbocycles. The summed E-state index contributed by atoms with van der Waals surface area (Å²) in [6.07, 6.45) is 5.47. The van der Waals surface area contributed by atoms with Crippen molar-refractivity contribution in [3.63, 3.8) is 0 Å². The number of rotatable bonds is 3. The molecule has 0 unspecified atom stereocenters.